The third-order valence-electron chi connectivity index (χ3n) is 5.04. The fourth-order valence-electron chi connectivity index (χ4n) is 3.69. The average molecular weight is 343 g/mol. The Morgan fingerprint density at radius 1 is 1.12 bits per heavy atom. The molecule has 0 spiro atoms. The summed E-state index contributed by atoms with van der Waals surface area (Å²) in [5.41, 5.74) is 0.443. The molecule has 0 saturated heterocycles. The first-order valence-corrected chi connectivity index (χ1v) is 8.80. The van der Waals surface area contributed by atoms with Crippen LogP contribution in [0.1, 0.15) is 45.4 Å². The van der Waals surface area contributed by atoms with Gasteiger partial charge >= 0.3 is 5.69 Å². The maximum absolute atomic E-state index is 12.5. The lowest BCUT2D eigenvalue weighted by Crippen LogP contribution is -2.38. The highest BCUT2D eigenvalue weighted by Crippen LogP contribution is 2.28. The smallest absolute Gasteiger partial charge is 0.326 e. The Morgan fingerprint density at radius 3 is 2.36 bits per heavy atom. The predicted molar refractivity (Wildman–Crippen MR) is 98.8 cm³/mol. The van der Waals surface area contributed by atoms with Crippen LogP contribution in [0.15, 0.2) is 27.9 Å². The van der Waals surface area contributed by atoms with Crippen LogP contribution in [0, 0.1) is 0 Å². The second-order valence-corrected chi connectivity index (χ2v) is 6.90. The molecule has 1 aliphatic rings. The number of hydrogen-bond acceptors (Lipinski definition) is 5. The zero-order valence-electron chi connectivity index (χ0n) is 15.2. The van der Waals surface area contributed by atoms with Gasteiger partial charge in [0.1, 0.15) is 0 Å². The summed E-state index contributed by atoms with van der Waals surface area (Å²) < 4.78 is 2.45. The van der Waals surface area contributed by atoms with Crippen molar-refractivity contribution in [1.29, 1.82) is 0 Å². The molecule has 7 heteroatoms. The summed E-state index contributed by atoms with van der Waals surface area (Å²) in [5, 5.41) is 8.89. The molecule has 134 valence electrons. The molecule has 1 fully saturated rings. The van der Waals surface area contributed by atoms with Gasteiger partial charge in [-0.25, -0.2) is 4.79 Å². The van der Waals surface area contributed by atoms with Gasteiger partial charge in [0.2, 0.25) is 0 Å². The maximum Gasteiger partial charge on any atom is 0.332 e. The molecule has 0 unspecified atom stereocenters. The lowest BCUT2D eigenvalue weighted by Gasteiger charge is -2.32. The molecule has 0 amide bonds. The van der Waals surface area contributed by atoms with Crippen LogP contribution < -0.4 is 16.1 Å². The van der Waals surface area contributed by atoms with E-state index in [2.05, 4.69) is 21.7 Å². The van der Waals surface area contributed by atoms with Crippen LogP contribution in [-0.2, 0) is 14.1 Å². The Kier molecular flexibility index (Phi) is 4.74. The number of hydrogen-bond donors (Lipinski definition) is 0. The number of allylic oxidation sites excluding steroid dienone is 1. The highest BCUT2D eigenvalue weighted by molar-refractivity contribution is 5.76. The molecule has 0 atom stereocenters. The first-order chi connectivity index (χ1) is 11.9. The standard InChI is InChI=1S/C18H25N5O2/c1-12(2)23(13-9-7-5-6-8-10-13)15-11-14-16(20-19-15)21(3)18(25)22(4)17(14)24/h11,13H,1,5-10H2,2-4H3. The lowest BCUT2D eigenvalue weighted by atomic mass is 10.1. The minimum absolute atomic E-state index is 0.305. The molecule has 1 aliphatic carbocycles. The van der Waals surface area contributed by atoms with Crippen molar-refractivity contribution < 1.29 is 0 Å². The van der Waals surface area contributed by atoms with Gasteiger partial charge in [-0.1, -0.05) is 32.3 Å². The molecule has 0 radical (unpaired) electrons. The van der Waals surface area contributed by atoms with Gasteiger partial charge < -0.3 is 4.90 Å². The predicted octanol–water partition coefficient (Wildman–Crippen LogP) is 2.09. The Hall–Kier alpha value is -2.44. The van der Waals surface area contributed by atoms with Crippen molar-refractivity contribution in [3.8, 4) is 0 Å². The molecule has 2 aromatic heterocycles. The van der Waals surface area contributed by atoms with Gasteiger partial charge in [0, 0.05) is 25.8 Å². The average Bonchev–Trinajstić information content (AvgIpc) is 2.87. The van der Waals surface area contributed by atoms with Crippen LogP contribution in [0.2, 0.25) is 0 Å². The number of aromatic nitrogens is 4. The molecule has 2 aromatic rings. The van der Waals surface area contributed by atoms with Gasteiger partial charge in [-0.3, -0.25) is 13.9 Å². The summed E-state index contributed by atoms with van der Waals surface area (Å²) in [7, 11) is 3.08. The fraction of sp³-hybridized carbons (Fsp3) is 0.556. The fourth-order valence-corrected chi connectivity index (χ4v) is 3.69. The third kappa shape index (κ3) is 3.10. The van der Waals surface area contributed by atoms with E-state index >= 15 is 0 Å². The van der Waals surface area contributed by atoms with Crippen LogP contribution in [0.25, 0.3) is 11.0 Å². The van der Waals surface area contributed by atoms with Gasteiger partial charge in [-0.2, -0.15) is 0 Å². The molecule has 7 nitrogen and oxygen atoms in total. The van der Waals surface area contributed by atoms with Gasteiger partial charge in [-0.15, -0.1) is 10.2 Å². The van der Waals surface area contributed by atoms with Gasteiger partial charge in [-0.05, 0) is 25.8 Å². The Morgan fingerprint density at radius 2 is 1.76 bits per heavy atom. The first-order valence-electron chi connectivity index (χ1n) is 8.80. The van der Waals surface area contributed by atoms with Crippen molar-refractivity contribution in [2.75, 3.05) is 4.90 Å². The van der Waals surface area contributed by atoms with Crippen LogP contribution in [0.4, 0.5) is 5.82 Å². The molecule has 1 saturated carbocycles. The van der Waals surface area contributed by atoms with Gasteiger partial charge in [0.05, 0.1) is 5.39 Å². The quantitative estimate of drug-likeness (QED) is 0.798. The Labute approximate surface area is 146 Å². The maximum atomic E-state index is 12.5. The third-order valence-corrected chi connectivity index (χ3v) is 5.04. The zero-order chi connectivity index (χ0) is 18.1. The van der Waals surface area contributed by atoms with Crippen LogP contribution in [0.5, 0.6) is 0 Å². The minimum atomic E-state index is -0.403. The number of nitrogens with zero attached hydrogens (tertiary/aromatic N) is 5. The molecule has 0 aliphatic heterocycles. The van der Waals surface area contributed by atoms with Crippen molar-refractivity contribution in [2.45, 2.75) is 51.5 Å². The highest BCUT2D eigenvalue weighted by Gasteiger charge is 2.23. The molecular weight excluding hydrogens is 318 g/mol. The Bertz CT molecular complexity index is 919. The summed E-state index contributed by atoms with van der Waals surface area (Å²) in [6.45, 7) is 6.06. The van der Waals surface area contributed by atoms with Crippen molar-refractivity contribution in [1.82, 2.24) is 19.3 Å². The van der Waals surface area contributed by atoms with Crippen LogP contribution in [-0.4, -0.2) is 25.4 Å². The largest absolute Gasteiger partial charge is 0.332 e. The molecular formula is C18H25N5O2. The van der Waals surface area contributed by atoms with E-state index in [-0.39, 0.29) is 5.56 Å². The summed E-state index contributed by atoms with van der Waals surface area (Å²) in [6, 6.07) is 2.06. The minimum Gasteiger partial charge on any atom is -0.326 e. The second-order valence-electron chi connectivity index (χ2n) is 6.90. The summed E-state index contributed by atoms with van der Waals surface area (Å²) in [5.74, 6) is 0.627. The van der Waals surface area contributed by atoms with E-state index in [1.807, 2.05) is 6.92 Å². The van der Waals surface area contributed by atoms with Crippen molar-refractivity contribution >= 4 is 16.9 Å². The summed E-state index contributed by atoms with van der Waals surface area (Å²) >= 11 is 0. The van der Waals surface area contributed by atoms with Crippen molar-refractivity contribution in [2.24, 2.45) is 14.1 Å². The van der Waals surface area contributed by atoms with E-state index in [1.165, 1.54) is 37.3 Å². The van der Waals surface area contributed by atoms with Crippen molar-refractivity contribution in [3.05, 3.63) is 39.2 Å². The topological polar surface area (TPSA) is 73.0 Å². The molecule has 0 bridgehead atoms. The van der Waals surface area contributed by atoms with E-state index in [0.717, 1.165) is 23.1 Å². The van der Waals surface area contributed by atoms with Gasteiger partial charge in [0.25, 0.3) is 5.56 Å². The van der Waals surface area contributed by atoms with Crippen LogP contribution >= 0.6 is 0 Å². The Balaban J connectivity index is 2.14. The molecule has 25 heavy (non-hydrogen) atoms. The molecule has 2 heterocycles. The normalized spacial score (nSPS) is 16.0. The number of anilines is 1. The summed E-state index contributed by atoms with van der Waals surface area (Å²) in [4.78, 5) is 26.7. The van der Waals surface area contributed by atoms with E-state index in [1.54, 1.807) is 13.1 Å². The van der Waals surface area contributed by atoms with E-state index in [9.17, 15) is 9.59 Å². The van der Waals surface area contributed by atoms with E-state index in [0.29, 0.717) is 22.9 Å². The van der Waals surface area contributed by atoms with Crippen LogP contribution in [0.3, 0.4) is 0 Å². The SMILES string of the molecule is C=C(C)N(c1cc2c(=O)n(C)c(=O)n(C)c2nn1)C1CCCCCC1. The lowest BCUT2D eigenvalue weighted by molar-refractivity contribution is 0.550. The van der Waals surface area contributed by atoms with Crippen molar-refractivity contribution in [3.63, 3.8) is 0 Å². The molecule has 3 rings (SSSR count). The first kappa shape index (κ1) is 17.4. The zero-order valence-corrected chi connectivity index (χ0v) is 15.2. The molecule has 0 aromatic carbocycles. The molecule has 0 N–H and O–H groups in total. The summed E-state index contributed by atoms with van der Waals surface area (Å²) in [6.07, 6.45) is 7.05. The second kappa shape index (κ2) is 6.82. The van der Waals surface area contributed by atoms with Gasteiger partial charge in [0.15, 0.2) is 11.5 Å². The number of fused-ring (bicyclic) bond motifs is 1. The monoisotopic (exact) mass is 343 g/mol. The number of aryl methyl sites for hydroxylation is 1. The van der Waals surface area contributed by atoms with E-state index < -0.39 is 5.69 Å². The number of rotatable bonds is 3. The van der Waals surface area contributed by atoms with E-state index in [4.69, 9.17) is 0 Å². The highest BCUT2D eigenvalue weighted by atomic mass is 16.2.